The Kier molecular flexibility index (Phi) is 7.85. The molecule has 0 aromatic heterocycles. The van der Waals surface area contributed by atoms with E-state index in [4.69, 9.17) is 9.47 Å². The summed E-state index contributed by atoms with van der Waals surface area (Å²) in [6.07, 6.45) is -0.678. The van der Waals surface area contributed by atoms with Crippen LogP contribution in [-0.2, 0) is 11.3 Å². The Balaban J connectivity index is 1.91. The molecule has 2 aromatic carbocycles. The van der Waals surface area contributed by atoms with Crippen molar-refractivity contribution in [2.24, 2.45) is 0 Å². The molecule has 0 heterocycles. The third-order valence-electron chi connectivity index (χ3n) is 3.96. The summed E-state index contributed by atoms with van der Waals surface area (Å²) in [7, 11) is 1.62. The van der Waals surface area contributed by atoms with Gasteiger partial charge in [0.25, 0.3) is 0 Å². The molecule has 0 saturated heterocycles. The predicted octanol–water partition coefficient (Wildman–Crippen LogP) is 3.02. The van der Waals surface area contributed by atoms with Gasteiger partial charge in [0.15, 0.2) is 0 Å². The van der Waals surface area contributed by atoms with Gasteiger partial charge in [-0.15, -0.1) is 0 Å². The summed E-state index contributed by atoms with van der Waals surface area (Å²) in [5.74, 6) is 0.523. The van der Waals surface area contributed by atoms with Gasteiger partial charge in [0, 0.05) is 32.3 Å². The number of aliphatic hydroxyl groups excluding tert-OH is 1. The molecule has 0 saturated carbocycles. The molecule has 0 amide bonds. The summed E-state index contributed by atoms with van der Waals surface area (Å²) in [5.41, 5.74) is 1.63. The van der Waals surface area contributed by atoms with Crippen molar-refractivity contribution in [2.75, 3.05) is 33.4 Å². The van der Waals surface area contributed by atoms with E-state index >= 15 is 0 Å². The third kappa shape index (κ3) is 6.46. The van der Waals surface area contributed by atoms with Crippen molar-refractivity contribution in [2.45, 2.75) is 19.6 Å². The van der Waals surface area contributed by atoms with Crippen LogP contribution in [-0.4, -0.2) is 49.5 Å². The molecule has 0 spiro atoms. The Bertz CT molecular complexity index is 650. The molecular formula is C20H26FNO3. The van der Waals surface area contributed by atoms with Gasteiger partial charge in [-0.3, -0.25) is 4.90 Å². The van der Waals surface area contributed by atoms with Gasteiger partial charge in [-0.2, -0.15) is 0 Å². The zero-order valence-corrected chi connectivity index (χ0v) is 14.8. The number of methoxy groups -OCH3 is 1. The van der Waals surface area contributed by atoms with E-state index in [9.17, 15) is 9.50 Å². The molecular weight excluding hydrogens is 321 g/mol. The van der Waals surface area contributed by atoms with Crippen molar-refractivity contribution in [1.29, 1.82) is 0 Å². The van der Waals surface area contributed by atoms with Gasteiger partial charge >= 0.3 is 0 Å². The molecule has 0 aliphatic rings. The van der Waals surface area contributed by atoms with E-state index in [-0.39, 0.29) is 12.4 Å². The first-order chi connectivity index (χ1) is 12.1. The molecule has 2 aromatic rings. The first-order valence-electron chi connectivity index (χ1n) is 8.41. The number of halogens is 1. The van der Waals surface area contributed by atoms with Crippen LogP contribution in [0.4, 0.5) is 4.39 Å². The van der Waals surface area contributed by atoms with E-state index in [1.807, 2.05) is 42.2 Å². The molecule has 0 aliphatic heterocycles. The topological polar surface area (TPSA) is 41.9 Å². The molecule has 2 rings (SSSR count). The number of aryl methyl sites for hydroxylation is 1. The van der Waals surface area contributed by atoms with Crippen molar-refractivity contribution in [1.82, 2.24) is 4.90 Å². The summed E-state index contributed by atoms with van der Waals surface area (Å²) >= 11 is 0. The highest BCUT2D eigenvalue weighted by Gasteiger charge is 2.15. The Hall–Kier alpha value is -1.95. The summed E-state index contributed by atoms with van der Waals surface area (Å²) in [4.78, 5) is 1.97. The van der Waals surface area contributed by atoms with Gasteiger partial charge in [-0.25, -0.2) is 4.39 Å². The molecule has 136 valence electrons. The lowest BCUT2D eigenvalue weighted by Gasteiger charge is -2.25. The number of ether oxygens (including phenoxy) is 2. The van der Waals surface area contributed by atoms with E-state index in [2.05, 4.69) is 0 Å². The second-order valence-electron chi connectivity index (χ2n) is 6.05. The summed E-state index contributed by atoms with van der Waals surface area (Å²) in [5, 5.41) is 10.3. The maximum absolute atomic E-state index is 13.9. The van der Waals surface area contributed by atoms with Gasteiger partial charge in [0.2, 0.25) is 0 Å². The molecule has 4 nitrogen and oxygen atoms in total. The van der Waals surface area contributed by atoms with E-state index in [0.717, 1.165) is 11.3 Å². The first-order valence-corrected chi connectivity index (χ1v) is 8.41. The average Bonchev–Trinajstić information content (AvgIpc) is 2.61. The smallest absolute Gasteiger partial charge is 0.127 e. The van der Waals surface area contributed by atoms with Crippen LogP contribution in [0.5, 0.6) is 5.75 Å². The lowest BCUT2D eigenvalue weighted by atomic mass is 10.2. The standard InChI is InChI=1S/C20H26FNO3/c1-16-7-3-6-10-20(16)25-15-18(23)14-22(11-12-24-2)13-17-8-4-5-9-19(17)21/h3-10,18,23H,11-15H2,1-2H3. The molecule has 0 bridgehead atoms. The van der Waals surface area contributed by atoms with Gasteiger partial charge < -0.3 is 14.6 Å². The lowest BCUT2D eigenvalue weighted by molar-refractivity contribution is 0.0536. The number of nitrogens with zero attached hydrogens (tertiary/aromatic N) is 1. The fourth-order valence-electron chi connectivity index (χ4n) is 2.58. The largest absolute Gasteiger partial charge is 0.491 e. The Morgan fingerprint density at radius 2 is 1.84 bits per heavy atom. The van der Waals surface area contributed by atoms with Crippen LogP contribution in [0.3, 0.4) is 0 Å². The van der Waals surface area contributed by atoms with Crippen LogP contribution in [0.1, 0.15) is 11.1 Å². The summed E-state index contributed by atoms with van der Waals surface area (Å²) in [6, 6.07) is 14.4. The zero-order chi connectivity index (χ0) is 18.1. The zero-order valence-electron chi connectivity index (χ0n) is 14.8. The maximum Gasteiger partial charge on any atom is 0.127 e. The Labute approximate surface area is 148 Å². The van der Waals surface area contributed by atoms with Crippen molar-refractivity contribution in [3.05, 3.63) is 65.5 Å². The monoisotopic (exact) mass is 347 g/mol. The minimum Gasteiger partial charge on any atom is -0.491 e. The molecule has 0 aliphatic carbocycles. The van der Waals surface area contributed by atoms with Crippen LogP contribution in [0, 0.1) is 12.7 Å². The van der Waals surface area contributed by atoms with E-state index in [0.29, 0.717) is 31.8 Å². The molecule has 5 heteroatoms. The number of hydrogen-bond acceptors (Lipinski definition) is 4. The van der Waals surface area contributed by atoms with Crippen LogP contribution < -0.4 is 4.74 Å². The molecule has 0 radical (unpaired) electrons. The SMILES string of the molecule is COCCN(Cc1ccccc1F)CC(O)COc1ccccc1C. The Morgan fingerprint density at radius 3 is 2.56 bits per heavy atom. The van der Waals surface area contributed by atoms with Crippen molar-refractivity contribution in [3.63, 3.8) is 0 Å². The Morgan fingerprint density at radius 1 is 1.12 bits per heavy atom. The summed E-state index contributed by atoms with van der Waals surface area (Å²) in [6.45, 7) is 4.06. The van der Waals surface area contributed by atoms with Gasteiger partial charge in [0.05, 0.1) is 6.61 Å². The van der Waals surface area contributed by atoms with E-state index in [1.54, 1.807) is 19.2 Å². The van der Waals surface area contributed by atoms with Crippen LogP contribution in [0.2, 0.25) is 0 Å². The summed E-state index contributed by atoms with van der Waals surface area (Å²) < 4.78 is 24.7. The predicted molar refractivity (Wildman–Crippen MR) is 96.2 cm³/mol. The maximum atomic E-state index is 13.9. The van der Waals surface area contributed by atoms with Crippen molar-refractivity contribution >= 4 is 0 Å². The highest BCUT2D eigenvalue weighted by Crippen LogP contribution is 2.16. The number of benzene rings is 2. The van der Waals surface area contributed by atoms with Gasteiger partial charge in [-0.05, 0) is 24.6 Å². The second kappa shape index (κ2) is 10.1. The fraction of sp³-hybridized carbons (Fsp3) is 0.400. The molecule has 1 N–H and O–H groups in total. The first kappa shape index (κ1) is 19.4. The van der Waals surface area contributed by atoms with Gasteiger partial charge in [-0.1, -0.05) is 36.4 Å². The minimum atomic E-state index is -0.678. The molecule has 1 atom stereocenters. The minimum absolute atomic E-state index is 0.186. The highest BCUT2D eigenvalue weighted by molar-refractivity contribution is 5.31. The normalized spacial score (nSPS) is 12.4. The quantitative estimate of drug-likeness (QED) is 0.717. The number of aliphatic hydroxyl groups is 1. The lowest BCUT2D eigenvalue weighted by Crippen LogP contribution is -2.37. The molecule has 1 unspecified atom stereocenters. The van der Waals surface area contributed by atoms with Crippen molar-refractivity contribution < 1.29 is 19.0 Å². The number of hydrogen-bond donors (Lipinski definition) is 1. The average molecular weight is 347 g/mol. The van der Waals surface area contributed by atoms with Crippen LogP contribution >= 0.6 is 0 Å². The van der Waals surface area contributed by atoms with Crippen LogP contribution in [0.25, 0.3) is 0 Å². The fourth-order valence-corrected chi connectivity index (χ4v) is 2.58. The second-order valence-corrected chi connectivity index (χ2v) is 6.05. The van der Waals surface area contributed by atoms with Crippen molar-refractivity contribution in [3.8, 4) is 5.75 Å². The van der Waals surface area contributed by atoms with E-state index in [1.165, 1.54) is 6.07 Å². The molecule has 25 heavy (non-hydrogen) atoms. The number of para-hydroxylation sites is 1. The highest BCUT2D eigenvalue weighted by atomic mass is 19.1. The molecule has 0 fully saturated rings. The van der Waals surface area contributed by atoms with Crippen LogP contribution in [0.15, 0.2) is 48.5 Å². The van der Waals surface area contributed by atoms with Gasteiger partial charge in [0.1, 0.15) is 24.3 Å². The van der Waals surface area contributed by atoms with E-state index < -0.39 is 6.10 Å². The number of rotatable bonds is 10. The third-order valence-corrected chi connectivity index (χ3v) is 3.96.